The fourth-order valence-corrected chi connectivity index (χ4v) is 3.96. The third-order valence-corrected chi connectivity index (χ3v) is 5.91. The largest absolute Gasteiger partial charge is 0.341 e. The van der Waals surface area contributed by atoms with Crippen LogP contribution in [0.3, 0.4) is 0 Å². The van der Waals surface area contributed by atoms with Crippen molar-refractivity contribution in [2.24, 2.45) is 0 Å². The molecule has 2 heterocycles. The van der Waals surface area contributed by atoms with Crippen LogP contribution < -0.4 is 0 Å². The van der Waals surface area contributed by atoms with Crippen molar-refractivity contribution in [3.8, 4) is 6.07 Å². The maximum absolute atomic E-state index is 12.9. The van der Waals surface area contributed by atoms with Crippen LogP contribution in [0.15, 0.2) is 30.3 Å². The fourth-order valence-electron chi connectivity index (χ4n) is 3.96. The Hall–Kier alpha value is -1.90. The Morgan fingerprint density at radius 1 is 1.08 bits per heavy atom. The van der Waals surface area contributed by atoms with E-state index in [0.717, 1.165) is 31.7 Å². The highest BCUT2D eigenvalue weighted by Crippen LogP contribution is 2.35. The molecular weight excluding hydrogens is 312 g/mol. The van der Waals surface area contributed by atoms with E-state index >= 15 is 0 Å². The maximum atomic E-state index is 12.9. The number of benzene rings is 1. The van der Waals surface area contributed by atoms with Crippen LogP contribution in [-0.4, -0.2) is 73.0 Å². The van der Waals surface area contributed by atoms with Crippen molar-refractivity contribution in [3.05, 3.63) is 35.9 Å². The molecule has 0 radical (unpaired) electrons. The van der Waals surface area contributed by atoms with Gasteiger partial charge in [0, 0.05) is 39.3 Å². The number of piperidine rings is 1. The number of nitriles is 1. The molecule has 5 heteroatoms. The first-order valence-electron chi connectivity index (χ1n) is 9.24. The van der Waals surface area contributed by atoms with Gasteiger partial charge in [-0.2, -0.15) is 5.26 Å². The molecule has 0 aromatic heterocycles. The Kier molecular flexibility index (Phi) is 5.41. The topological polar surface area (TPSA) is 50.6 Å². The van der Waals surface area contributed by atoms with Crippen LogP contribution >= 0.6 is 0 Å². The van der Waals surface area contributed by atoms with Gasteiger partial charge in [-0.1, -0.05) is 30.3 Å². The first-order valence-corrected chi connectivity index (χ1v) is 9.24. The van der Waals surface area contributed by atoms with E-state index in [0.29, 0.717) is 25.9 Å². The van der Waals surface area contributed by atoms with Crippen molar-refractivity contribution in [1.82, 2.24) is 14.7 Å². The van der Waals surface area contributed by atoms with E-state index in [1.54, 1.807) is 0 Å². The van der Waals surface area contributed by atoms with Crippen LogP contribution in [0.25, 0.3) is 0 Å². The molecular formula is C20H28N4O. The summed E-state index contributed by atoms with van der Waals surface area (Å²) in [6.45, 7) is 7.29. The molecule has 2 aliphatic heterocycles. The number of nitrogens with zero attached hydrogens (tertiary/aromatic N) is 4. The summed E-state index contributed by atoms with van der Waals surface area (Å²) in [4.78, 5) is 19.4. The third kappa shape index (κ3) is 3.70. The van der Waals surface area contributed by atoms with E-state index in [-0.39, 0.29) is 11.9 Å². The van der Waals surface area contributed by atoms with Crippen molar-refractivity contribution in [2.45, 2.75) is 31.2 Å². The molecule has 0 spiro atoms. The van der Waals surface area contributed by atoms with Crippen molar-refractivity contribution in [1.29, 1.82) is 5.26 Å². The summed E-state index contributed by atoms with van der Waals surface area (Å²) in [6.07, 6.45) is 1.43. The highest BCUT2D eigenvalue weighted by atomic mass is 16.2. The fraction of sp³-hybridized carbons (Fsp3) is 0.600. The van der Waals surface area contributed by atoms with Gasteiger partial charge in [-0.15, -0.1) is 0 Å². The molecule has 0 unspecified atom stereocenters. The second kappa shape index (κ2) is 7.55. The van der Waals surface area contributed by atoms with Gasteiger partial charge in [0.15, 0.2) is 0 Å². The number of likely N-dealkylation sites (N-methyl/N-ethyl adjacent to an activating group) is 1. The molecule has 2 saturated heterocycles. The molecule has 1 atom stereocenters. The molecule has 1 amide bonds. The highest BCUT2D eigenvalue weighted by Gasteiger charge is 2.39. The van der Waals surface area contributed by atoms with Gasteiger partial charge in [0.1, 0.15) is 0 Å². The normalized spacial score (nSPS) is 23.0. The van der Waals surface area contributed by atoms with Crippen molar-refractivity contribution < 1.29 is 4.79 Å². The molecule has 5 nitrogen and oxygen atoms in total. The highest BCUT2D eigenvalue weighted by molar-refractivity contribution is 5.81. The zero-order valence-electron chi connectivity index (χ0n) is 15.3. The molecule has 2 aliphatic rings. The predicted molar refractivity (Wildman–Crippen MR) is 98.1 cm³/mol. The Balaban J connectivity index is 1.61. The number of rotatable bonds is 3. The minimum Gasteiger partial charge on any atom is -0.341 e. The summed E-state index contributed by atoms with van der Waals surface area (Å²) >= 11 is 0. The number of amides is 1. The lowest BCUT2D eigenvalue weighted by Crippen LogP contribution is -2.55. The Morgan fingerprint density at radius 2 is 1.68 bits per heavy atom. The standard InChI is InChI=1S/C20H28N4O/c1-17(23-14-12-22(2)13-15-23)19(25)24-10-8-20(16-21,9-11-24)18-6-4-3-5-7-18/h3-7,17H,8-15H2,1-2H3/t17-/m0/s1. The average Bonchev–Trinajstić information content (AvgIpc) is 2.68. The van der Waals surface area contributed by atoms with Gasteiger partial charge in [0.2, 0.25) is 5.91 Å². The van der Waals surface area contributed by atoms with E-state index in [9.17, 15) is 10.1 Å². The van der Waals surface area contributed by atoms with Gasteiger partial charge in [0.05, 0.1) is 17.5 Å². The first-order chi connectivity index (χ1) is 12.1. The van der Waals surface area contributed by atoms with Crippen molar-refractivity contribution in [3.63, 3.8) is 0 Å². The summed E-state index contributed by atoms with van der Waals surface area (Å²) in [5.41, 5.74) is 0.631. The molecule has 0 N–H and O–H groups in total. The first kappa shape index (κ1) is 17.9. The quantitative estimate of drug-likeness (QED) is 0.840. The summed E-state index contributed by atoms with van der Waals surface area (Å²) in [7, 11) is 2.12. The van der Waals surface area contributed by atoms with Crippen LogP contribution in [-0.2, 0) is 10.2 Å². The minimum atomic E-state index is -0.449. The number of likely N-dealkylation sites (tertiary alicyclic amines) is 1. The molecule has 2 fully saturated rings. The second-order valence-corrected chi connectivity index (χ2v) is 7.40. The predicted octanol–water partition coefficient (Wildman–Crippen LogP) is 1.71. The summed E-state index contributed by atoms with van der Waals surface area (Å²) < 4.78 is 0. The van der Waals surface area contributed by atoms with Gasteiger partial charge >= 0.3 is 0 Å². The minimum absolute atomic E-state index is 0.0694. The van der Waals surface area contributed by atoms with Crippen LogP contribution in [0.5, 0.6) is 0 Å². The van der Waals surface area contributed by atoms with Crippen LogP contribution in [0.4, 0.5) is 0 Å². The number of hydrogen-bond acceptors (Lipinski definition) is 4. The van der Waals surface area contributed by atoms with E-state index in [1.165, 1.54) is 0 Å². The number of piperazine rings is 1. The van der Waals surface area contributed by atoms with Gasteiger partial charge in [-0.05, 0) is 32.4 Å². The van der Waals surface area contributed by atoms with E-state index in [1.807, 2.05) is 42.2 Å². The maximum Gasteiger partial charge on any atom is 0.239 e. The smallest absolute Gasteiger partial charge is 0.239 e. The van der Waals surface area contributed by atoms with E-state index in [2.05, 4.69) is 22.9 Å². The Morgan fingerprint density at radius 3 is 2.24 bits per heavy atom. The number of hydrogen-bond donors (Lipinski definition) is 0. The average molecular weight is 340 g/mol. The molecule has 3 rings (SSSR count). The monoisotopic (exact) mass is 340 g/mol. The van der Waals surface area contributed by atoms with Crippen LogP contribution in [0, 0.1) is 11.3 Å². The van der Waals surface area contributed by atoms with Gasteiger partial charge in [-0.25, -0.2) is 0 Å². The summed E-state index contributed by atoms with van der Waals surface area (Å²) in [6, 6.07) is 12.5. The molecule has 134 valence electrons. The molecule has 1 aromatic rings. The molecule has 0 aliphatic carbocycles. The third-order valence-electron chi connectivity index (χ3n) is 5.91. The lowest BCUT2D eigenvalue weighted by molar-refractivity contribution is -0.138. The van der Waals surface area contributed by atoms with Crippen LogP contribution in [0.1, 0.15) is 25.3 Å². The van der Waals surface area contributed by atoms with Gasteiger partial charge in [0.25, 0.3) is 0 Å². The summed E-state index contributed by atoms with van der Waals surface area (Å²) in [5, 5.41) is 9.79. The molecule has 25 heavy (non-hydrogen) atoms. The van der Waals surface area contributed by atoms with Crippen molar-refractivity contribution in [2.75, 3.05) is 46.3 Å². The number of carbonyl (C=O) groups excluding carboxylic acids is 1. The second-order valence-electron chi connectivity index (χ2n) is 7.40. The Labute approximate surface area is 150 Å². The molecule has 0 bridgehead atoms. The van der Waals surface area contributed by atoms with Crippen LogP contribution in [0.2, 0.25) is 0 Å². The van der Waals surface area contributed by atoms with Gasteiger partial charge < -0.3 is 9.80 Å². The SMILES string of the molecule is C[C@@H](C(=O)N1CCC(C#N)(c2ccccc2)CC1)N1CCN(C)CC1. The van der Waals surface area contributed by atoms with Gasteiger partial charge in [-0.3, -0.25) is 9.69 Å². The zero-order valence-corrected chi connectivity index (χ0v) is 15.3. The molecule has 1 aromatic carbocycles. The Bertz CT molecular complexity index is 623. The number of carbonyl (C=O) groups is 1. The van der Waals surface area contributed by atoms with E-state index in [4.69, 9.17) is 0 Å². The lowest BCUT2D eigenvalue weighted by atomic mass is 9.74. The lowest BCUT2D eigenvalue weighted by Gasteiger charge is -2.41. The van der Waals surface area contributed by atoms with E-state index < -0.39 is 5.41 Å². The summed E-state index contributed by atoms with van der Waals surface area (Å²) in [5.74, 6) is 0.212. The molecule has 0 saturated carbocycles. The van der Waals surface area contributed by atoms with Crippen molar-refractivity contribution >= 4 is 5.91 Å². The zero-order chi connectivity index (χ0) is 17.9.